The van der Waals surface area contributed by atoms with Gasteiger partial charge in [0.05, 0.1) is 46.4 Å². The van der Waals surface area contributed by atoms with Gasteiger partial charge in [-0.3, -0.25) is 19.3 Å². The number of aliphatic hydroxyl groups excluding tert-OH is 1. The number of benzene rings is 4. The summed E-state index contributed by atoms with van der Waals surface area (Å²) in [7, 11) is 0. The molecule has 364 valence electrons. The van der Waals surface area contributed by atoms with Crippen molar-refractivity contribution in [3.63, 3.8) is 0 Å². The summed E-state index contributed by atoms with van der Waals surface area (Å²) in [5, 5.41) is 27.3. The molecule has 3 amide bonds. The Morgan fingerprint density at radius 2 is 1.64 bits per heavy atom. The minimum Gasteiger partial charge on any atom is -0.508 e. The molecule has 0 bridgehead atoms. The summed E-state index contributed by atoms with van der Waals surface area (Å²) >= 11 is 3.04. The number of aromatic nitrogens is 1. The van der Waals surface area contributed by atoms with Gasteiger partial charge >= 0.3 is 0 Å². The Bertz CT molecular complexity index is 2710. The van der Waals surface area contributed by atoms with Gasteiger partial charge in [-0.25, -0.2) is 9.37 Å². The van der Waals surface area contributed by atoms with Crippen LogP contribution in [0.2, 0.25) is 0 Å². The number of halogens is 1. The maximum atomic E-state index is 14.0. The predicted molar refractivity (Wildman–Crippen MR) is 264 cm³/mol. The van der Waals surface area contributed by atoms with E-state index in [0.29, 0.717) is 37.0 Å². The first kappa shape index (κ1) is 49.5. The number of aliphatic hydroxyl groups is 1. The van der Waals surface area contributed by atoms with Crippen molar-refractivity contribution in [2.24, 2.45) is 5.41 Å². The van der Waals surface area contributed by atoms with Gasteiger partial charge in [-0.1, -0.05) is 57.2 Å². The van der Waals surface area contributed by atoms with E-state index in [4.69, 9.17) is 18.9 Å². The van der Waals surface area contributed by atoms with Crippen LogP contribution in [0.3, 0.4) is 0 Å². The molecule has 0 radical (unpaired) electrons. The Hall–Kier alpha value is -5.95. The second kappa shape index (κ2) is 22.2. The molecular weight excluding hydrogens is 922 g/mol. The van der Waals surface area contributed by atoms with Crippen LogP contribution in [0.1, 0.15) is 44.9 Å². The van der Waals surface area contributed by atoms with E-state index < -0.39 is 35.4 Å². The van der Waals surface area contributed by atoms with Crippen molar-refractivity contribution in [1.29, 1.82) is 0 Å². The van der Waals surface area contributed by atoms with Crippen LogP contribution in [0.25, 0.3) is 31.0 Å². The van der Waals surface area contributed by atoms with Crippen molar-refractivity contribution in [1.82, 2.24) is 25.4 Å². The minimum absolute atomic E-state index is 0.0127. The lowest BCUT2D eigenvalue weighted by atomic mass is 9.85. The SMILES string of the molecule is Cc1ncsc1-c1ccc(CNC(=O)[C@@H]2C[C@@H](O)CN2C(=O)C(NC(=O)COCCO[C@@H]2CCN(CCOc3ccc(Oc4c(-c5ccc(F)cc5)sc5cc(O)ccc45)cc3)C2)C(C)(C)C)cc1. The fourth-order valence-electron chi connectivity index (χ4n) is 8.53. The molecule has 2 aliphatic rings. The highest BCUT2D eigenvalue weighted by molar-refractivity contribution is 7.22. The molecule has 4 atom stereocenters. The van der Waals surface area contributed by atoms with Crippen LogP contribution in [0.15, 0.2) is 96.5 Å². The molecule has 0 spiro atoms. The third-order valence-electron chi connectivity index (χ3n) is 12.2. The number of nitrogens with one attached hydrogen (secondary N) is 2. The number of rotatable bonds is 19. The fraction of sp³-hybridized carbons (Fsp3) is 0.385. The number of nitrogens with zero attached hydrogens (tertiary/aromatic N) is 3. The van der Waals surface area contributed by atoms with Crippen molar-refractivity contribution >= 4 is 50.5 Å². The molecule has 8 rings (SSSR count). The number of hydrogen-bond donors (Lipinski definition) is 4. The Balaban J connectivity index is 0.732. The molecule has 14 nitrogen and oxygen atoms in total. The van der Waals surface area contributed by atoms with Gasteiger partial charge in [-0.05, 0) is 90.0 Å². The van der Waals surface area contributed by atoms with Gasteiger partial charge in [0, 0.05) is 49.2 Å². The number of carbonyl (C=O) groups is 3. The molecule has 2 aromatic heterocycles. The van der Waals surface area contributed by atoms with E-state index in [1.165, 1.54) is 28.4 Å². The molecule has 17 heteroatoms. The average Bonchev–Trinajstić information content (AvgIpc) is 4.14. The highest BCUT2D eigenvalue weighted by atomic mass is 32.1. The zero-order valence-corrected chi connectivity index (χ0v) is 40.7. The molecule has 69 heavy (non-hydrogen) atoms. The number of carbonyl (C=O) groups excluding carboxylic acids is 3. The number of fused-ring (bicyclic) bond motifs is 1. The number of β-amino-alcohol motifs (C(OH)–C–C–N with tert-alkyl or cyclic N) is 1. The third-order valence-corrected chi connectivity index (χ3v) is 14.4. The topological polar surface area (TPSA) is 172 Å². The first-order valence-electron chi connectivity index (χ1n) is 23.1. The highest BCUT2D eigenvalue weighted by Crippen LogP contribution is 2.47. The summed E-state index contributed by atoms with van der Waals surface area (Å²) in [5.41, 5.74) is 4.83. The van der Waals surface area contributed by atoms with Gasteiger partial charge in [0.2, 0.25) is 17.7 Å². The molecule has 4 aromatic carbocycles. The summed E-state index contributed by atoms with van der Waals surface area (Å²) in [4.78, 5) is 50.5. The molecule has 1 unspecified atom stereocenters. The molecule has 0 saturated carbocycles. The van der Waals surface area contributed by atoms with E-state index in [2.05, 4.69) is 20.5 Å². The minimum atomic E-state index is -0.964. The van der Waals surface area contributed by atoms with Crippen LogP contribution < -0.4 is 20.1 Å². The van der Waals surface area contributed by atoms with E-state index in [-0.39, 0.29) is 56.3 Å². The van der Waals surface area contributed by atoms with Crippen LogP contribution in [0.4, 0.5) is 4.39 Å². The third kappa shape index (κ3) is 12.6. The van der Waals surface area contributed by atoms with E-state index >= 15 is 0 Å². The van der Waals surface area contributed by atoms with Gasteiger partial charge in [0.15, 0.2) is 5.75 Å². The normalized spacial score (nSPS) is 17.8. The Labute approximate surface area is 409 Å². The number of hydrogen-bond acceptors (Lipinski definition) is 13. The van der Waals surface area contributed by atoms with Crippen molar-refractivity contribution in [2.45, 2.75) is 71.4 Å². The van der Waals surface area contributed by atoms with Crippen LogP contribution in [-0.2, 0) is 30.4 Å². The second-order valence-corrected chi connectivity index (χ2v) is 20.4. The predicted octanol–water partition coefficient (Wildman–Crippen LogP) is 7.93. The molecule has 4 heterocycles. The zero-order valence-electron chi connectivity index (χ0n) is 39.1. The van der Waals surface area contributed by atoms with E-state index in [0.717, 1.165) is 61.7 Å². The van der Waals surface area contributed by atoms with Gasteiger partial charge < -0.3 is 44.7 Å². The number of thiazole rings is 1. The summed E-state index contributed by atoms with van der Waals surface area (Å²) in [6.45, 7) is 10.7. The molecular formula is C52H58FN5O9S2. The molecule has 2 saturated heterocycles. The first-order valence-corrected chi connectivity index (χ1v) is 24.8. The summed E-state index contributed by atoms with van der Waals surface area (Å²) in [6, 6.07) is 24.8. The Morgan fingerprint density at radius 1 is 0.913 bits per heavy atom. The number of thiophene rings is 1. The Kier molecular flexibility index (Phi) is 15.9. The maximum Gasteiger partial charge on any atom is 0.246 e. The van der Waals surface area contributed by atoms with Gasteiger partial charge in [-0.15, -0.1) is 22.7 Å². The lowest BCUT2D eigenvalue weighted by molar-refractivity contribution is -0.144. The zero-order chi connectivity index (χ0) is 48.7. The lowest BCUT2D eigenvalue weighted by Crippen LogP contribution is -2.58. The van der Waals surface area contributed by atoms with Crippen LogP contribution >= 0.6 is 22.7 Å². The molecule has 6 aromatic rings. The highest BCUT2D eigenvalue weighted by Gasteiger charge is 2.44. The smallest absolute Gasteiger partial charge is 0.246 e. The number of aryl methyl sites for hydroxylation is 1. The standard InChI is InChI=1S/C52H58FN5O9S2/c1-32-47(68-31-55-32)34-7-5-33(6-8-34)27-54-50(62)43-25-38(60)28-58(43)51(63)49(52(2,3)4)56-45(61)30-64-23-24-66-41-19-20-57(29-41)21-22-65-39-14-16-40(17-15-39)67-46-42-18-13-37(59)26-44(42)69-48(46)35-9-11-36(53)12-10-35/h5-18,26,31,38,41,43,49,59-60H,19-25,27-30H2,1-4H3,(H,54,62)(H,56,61)/t38-,41-,43+,49?/m1/s1. The van der Waals surface area contributed by atoms with E-state index in [9.17, 15) is 29.0 Å². The summed E-state index contributed by atoms with van der Waals surface area (Å²) in [6.07, 6.45) is 0.0881. The molecule has 2 aliphatic heterocycles. The van der Waals surface area contributed by atoms with E-state index in [1.54, 1.807) is 35.6 Å². The monoisotopic (exact) mass is 979 g/mol. The summed E-state index contributed by atoms with van der Waals surface area (Å²) < 4.78 is 38.7. The van der Waals surface area contributed by atoms with Crippen molar-refractivity contribution in [2.75, 3.05) is 52.6 Å². The number of aromatic hydroxyl groups is 1. The number of likely N-dealkylation sites (tertiary alicyclic amines) is 2. The molecule has 2 fully saturated rings. The van der Waals surface area contributed by atoms with Crippen molar-refractivity contribution in [3.05, 3.63) is 114 Å². The summed E-state index contributed by atoms with van der Waals surface area (Å²) in [5.74, 6) is 0.500. The molecule has 4 N–H and O–H groups in total. The number of ether oxygens (including phenoxy) is 4. The lowest BCUT2D eigenvalue weighted by Gasteiger charge is -2.35. The van der Waals surface area contributed by atoms with Crippen LogP contribution in [0, 0.1) is 18.2 Å². The van der Waals surface area contributed by atoms with E-state index in [1.807, 2.05) is 87.8 Å². The number of phenolic OH excluding ortho intramolecular Hbond substituents is 1. The van der Waals surface area contributed by atoms with Gasteiger partial charge in [0.1, 0.15) is 48.4 Å². The first-order chi connectivity index (χ1) is 33.2. The van der Waals surface area contributed by atoms with Crippen LogP contribution in [0.5, 0.6) is 23.0 Å². The average molecular weight is 980 g/mol. The maximum absolute atomic E-state index is 14.0. The van der Waals surface area contributed by atoms with Gasteiger partial charge in [0.25, 0.3) is 0 Å². The van der Waals surface area contributed by atoms with Crippen LogP contribution in [-0.4, -0.2) is 120 Å². The number of amides is 3. The van der Waals surface area contributed by atoms with Gasteiger partial charge in [-0.2, -0.15) is 0 Å². The number of phenols is 1. The second-order valence-electron chi connectivity index (χ2n) is 18.4. The Morgan fingerprint density at radius 3 is 2.36 bits per heavy atom. The largest absolute Gasteiger partial charge is 0.508 e. The molecule has 0 aliphatic carbocycles. The van der Waals surface area contributed by atoms with Crippen molar-refractivity contribution < 1.29 is 47.9 Å². The van der Waals surface area contributed by atoms with Crippen molar-refractivity contribution in [3.8, 4) is 43.9 Å². The quantitative estimate of drug-likeness (QED) is 0.0581. The fourth-order valence-corrected chi connectivity index (χ4v) is 10.5.